The van der Waals surface area contributed by atoms with Gasteiger partial charge in [-0.3, -0.25) is 15.0 Å². The molecular weight excluding hydrogens is 843 g/mol. The van der Waals surface area contributed by atoms with E-state index in [4.69, 9.17) is 9.97 Å². The van der Waals surface area contributed by atoms with E-state index in [-0.39, 0.29) is 25.5 Å². The summed E-state index contributed by atoms with van der Waals surface area (Å²) in [7, 11) is 0. The van der Waals surface area contributed by atoms with Crippen LogP contribution in [0.25, 0.3) is 76.2 Å². The van der Waals surface area contributed by atoms with Crippen LogP contribution in [-0.2, 0) is 25.5 Å². The van der Waals surface area contributed by atoms with Crippen LogP contribution in [0.15, 0.2) is 140 Å². The van der Waals surface area contributed by atoms with Gasteiger partial charge in [0.1, 0.15) is 0 Å². The summed E-state index contributed by atoms with van der Waals surface area (Å²) in [5.74, 6) is 0.723. The molecule has 5 heteroatoms. The molecule has 0 bridgehead atoms. The topological polar surface area (TPSA) is 38.7 Å². The molecule has 0 aliphatic heterocycles. The number of aromatic nitrogens is 3. The van der Waals surface area contributed by atoms with Gasteiger partial charge in [-0.1, -0.05) is 127 Å². The van der Waals surface area contributed by atoms with E-state index in [9.17, 15) is 0 Å². The Morgan fingerprint density at radius 2 is 1.25 bits per heavy atom. The van der Waals surface area contributed by atoms with Crippen molar-refractivity contribution < 1.29 is 20.1 Å². The van der Waals surface area contributed by atoms with Gasteiger partial charge in [0.2, 0.25) is 0 Å². The van der Waals surface area contributed by atoms with Crippen molar-refractivity contribution in [2.45, 2.75) is 33.1 Å². The molecule has 3 nitrogen and oxygen atoms in total. The smallest absolute Gasteiger partial charge is 0.0763 e. The number of hydrogen-bond acceptors (Lipinski definition) is 4. The zero-order valence-electron chi connectivity index (χ0n) is 29.9. The van der Waals surface area contributed by atoms with E-state index < -0.39 is 0 Å². The maximum atomic E-state index is 5.14. The third-order valence-corrected chi connectivity index (χ3v) is 11.3. The van der Waals surface area contributed by atoms with Crippen LogP contribution in [0.4, 0.5) is 0 Å². The molecule has 2 aromatic heterocycles. The number of aryl methyl sites for hydroxylation is 2. The summed E-state index contributed by atoms with van der Waals surface area (Å²) in [6.07, 6.45) is 0. The average Bonchev–Trinajstić information content (AvgIpc) is 3.71. The van der Waals surface area contributed by atoms with Crippen molar-refractivity contribution in [3.8, 4) is 44.3 Å². The Bertz CT molecular complexity index is 2760. The molecule has 9 aromatic rings. The fraction of sp³-hybridized carbons (Fsp3) is 0.104. The second-order valence-corrected chi connectivity index (χ2v) is 15.0. The minimum absolute atomic E-state index is 0. The van der Waals surface area contributed by atoms with Crippen LogP contribution >= 0.6 is 11.3 Å². The molecule has 0 saturated heterocycles. The largest absolute Gasteiger partial charge is 0.285 e. The number of para-hydroxylation sites is 2. The molecule has 10 rings (SSSR count). The summed E-state index contributed by atoms with van der Waals surface area (Å²) in [5.41, 5.74) is 13.8. The molecule has 0 fully saturated rings. The van der Waals surface area contributed by atoms with Crippen molar-refractivity contribution in [1.82, 2.24) is 15.0 Å². The Morgan fingerprint density at radius 3 is 2.06 bits per heavy atom. The molecule has 0 saturated carbocycles. The number of fused-ring (bicyclic) bond motifs is 6. The molecule has 259 valence electrons. The van der Waals surface area contributed by atoms with Crippen LogP contribution in [0.3, 0.4) is 0 Å². The molecule has 1 aliphatic rings. The van der Waals surface area contributed by atoms with E-state index in [1.165, 1.54) is 54.4 Å². The first-order valence-corrected chi connectivity index (χ1v) is 18.4. The Morgan fingerprint density at radius 1 is 0.566 bits per heavy atom. The minimum atomic E-state index is -0.0674. The van der Waals surface area contributed by atoms with E-state index in [1.807, 2.05) is 30.3 Å². The fourth-order valence-electron chi connectivity index (χ4n) is 7.58. The Labute approximate surface area is 327 Å². The van der Waals surface area contributed by atoms with Crippen LogP contribution < -0.4 is 0 Å². The fourth-order valence-corrected chi connectivity index (χ4v) is 8.53. The first-order chi connectivity index (χ1) is 25.3. The summed E-state index contributed by atoms with van der Waals surface area (Å²) in [6.45, 7) is 8.90. The number of thiazole rings is 1. The molecule has 0 N–H and O–H groups in total. The molecule has 0 unspecified atom stereocenters. The van der Waals surface area contributed by atoms with E-state index in [0.29, 0.717) is 0 Å². The Hall–Kier alpha value is -5.32. The standard InChI is InChI=1S/C31H25N2.C17H10NS.Ir/c1-19-10-9-11-20(2)28(19)29-24-13-6-8-15-27(24)32-30(33-29)21-16-17-23-22-12-5-7-14-25(22)31(3,4)26(23)18-21;1-2-6-13-11-14(10-9-12(13)5-1)17-18-15-7-3-4-8-16(15)19-17;/h5-15,17-18H,1-4H3;1-9,11H;/q2*-1;. The molecule has 7 aromatic carbocycles. The van der Waals surface area contributed by atoms with Crippen molar-refractivity contribution in [3.05, 3.63) is 174 Å². The maximum Gasteiger partial charge on any atom is 0.0763 e. The first-order valence-electron chi connectivity index (χ1n) is 17.6. The second kappa shape index (κ2) is 13.9. The number of rotatable bonds is 3. The van der Waals surface area contributed by atoms with Gasteiger partial charge >= 0.3 is 0 Å². The average molecular weight is 878 g/mol. The molecule has 0 amide bonds. The number of nitrogens with zero attached hydrogens (tertiary/aromatic N) is 3. The van der Waals surface area contributed by atoms with E-state index in [1.54, 1.807) is 11.3 Å². The van der Waals surface area contributed by atoms with Crippen LogP contribution in [0, 0.1) is 26.0 Å². The minimum Gasteiger partial charge on any atom is -0.285 e. The predicted octanol–water partition coefficient (Wildman–Crippen LogP) is 12.6. The van der Waals surface area contributed by atoms with E-state index >= 15 is 0 Å². The van der Waals surface area contributed by atoms with Gasteiger partial charge in [-0.25, -0.2) is 0 Å². The van der Waals surface area contributed by atoms with Gasteiger partial charge in [0.05, 0.1) is 22.6 Å². The van der Waals surface area contributed by atoms with Gasteiger partial charge < -0.3 is 0 Å². The van der Waals surface area contributed by atoms with Crippen LogP contribution in [0.2, 0.25) is 0 Å². The summed E-state index contributed by atoms with van der Waals surface area (Å²) in [4.78, 5) is 14.8. The summed E-state index contributed by atoms with van der Waals surface area (Å²) in [5, 5.41) is 4.56. The first kappa shape index (κ1) is 34.7. The van der Waals surface area contributed by atoms with Crippen LogP contribution in [0.5, 0.6) is 0 Å². The van der Waals surface area contributed by atoms with Crippen molar-refractivity contribution >= 4 is 43.2 Å². The van der Waals surface area contributed by atoms with Gasteiger partial charge in [-0.2, -0.15) is 11.3 Å². The molecule has 0 spiro atoms. The number of hydrogen-bond donors (Lipinski definition) is 0. The van der Waals surface area contributed by atoms with E-state index in [0.717, 1.165) is 44.1 Å². The van der Waals surface area contributed by atoms with Crippen LogP contribution in [0.1, 0.15) is 36.1 Å². The van der Waals surface area contributed by atoms with Crippen molar-refractivity contribution in [1.29, 1.82) is 0 Å². The third-order valence-electron chi connectivity index (χ3n) is 10.3. The molecule has 1 aliphatic carbocycles. The van der Waals surface area contributed by atoms with Gasteiger partial charge in [0.25, 0.3) is 0 Å². The van der Waals surface area contributed by atoms with E-state index in [2.05, 4.69) is 154 Å². The third kappa shape index (κ3) is 6.19. The zero-order chi connectivity index (χ0) is 35.4. The van der Waals surface area contributed by atoms with Crippen molar-refractivity contribution in [2.24, 2.45) is 0 Å². The SMILES string of the molecule is Cc1cccc(C)c1-c1nc(-c2[c-]cc3c(c2)C(C)(C)c2ccccc2-3)nc2ccccc12.[Ir].[c-]1cc2ccccc2cc1-c1nc2ccccc2s1. The van der Waals surface area contributed by atoms with Crippen molar-refractivity contribution in [2.75, 3.05) is 0 Å². The van der Waals surface area contributed by atoms with Crippen LogP contribution in [-0.4, -0.2) is 15.0 Å². The molecule has 1 radical (unpaired) electrons. The van der Waals surface area contributed by atoms with Gasteiger partial charge in [-0.05, 0) is 54.2 Å². The summed E-state index contributed by atoms with van der Waals surface area (Å²) in [6, 6.07) is 55.4. The van der Waals surface area contributed by atoms with Gasteiger partial charge in [0, 0.05) is 40.8 Å². The number of benzene rings is 7. The molecule has 2 heterocycles. The Kier molecular flexibility index (Phi) is 9.12. The zero-order valence-corrected chi connectivity index (χ0v) is 33.1. The quantitative estimate of drug-likeness (QED) is 0.166. The Balaban J connectivity index is 0.000000170. The van der Waals surface area contributed by atoms with Gasteiger partial charge in [0.15, 0.2) is 0 Å². The maximum absolute atomic E-state index is 5.14. The predicted molar refractivity (Wildman–Crippen MR) is 218 cm³/mol. The molecular formula is C48H35IrN3S-2. The normalized spacial score (nSPS) is 12.5. The second-order valence-electron chi connectivity index (χ2n) is 14.0. The van der Waals surface area contributed by atoms with Gasteiger partial charge in [-0.15, -0.1) is 58.5 Å². The molecule has 0 atom stereocenters. The monoisotopic (exact) mass is 878 g/mol. The summed E-state index contributed by atoms with van der Waals surface area (Å²) >= 11 is 1.72. The van der Waals surface area contributed by atoms with Crippen molar-refractivity contribution in [3.63, 3.8) is 0 Å². The summed E-state index contributed by atoms with van der Waals surface area (Å²) < 4.78 is 1.22. The molecule has 53 heavy (non-hydrogen) atoms.